The van der Waals surface area contributed by atoms with Gasteiger partial charge < -0.3 is 20.1 Å². The molecule has 2 heterocycles. The van der Waals surface area contributed by atoms with Gasteiger partial charge >= 0.3 is 0 Å². The molecule has 0 aromatic carbocycles. The minimum Gasteiger partial charge on any atom is -0.381 e. The van der Waals surface area contributed by atoms with Gasteiger partial charge in [-0.25, -0.2) is 4.98 Å². The molecule has 0 spiro atoms. The van der Waals surface area contributed by atoms with Gasteiger partial charge in [0.2, 0.25) is 0 Å². The topological polar surface area (TPSA) is 67.8 Å². The molecule has 1 aromatic rings. The molecule has 1 aliphatic heterocycles. The van der Waals surface area contributed by atoms with Crippen molar-refractivity contribution in [1.82, 2.24) is 15.6 Å². The lowest BCUT2D eigenvalue weighted by Crippen LogP contribution is -2.39. The van der Waals surface area contributed by atoms with Gasteiger partial charge in [-0.1, -0.05) is 0 Å². The highest BCUT2D eigenvalue weighted by molar-refractivity contribution is 7.11. The predicted molar refractivity (Wildman–Crippen MR) is 94.3 cm³/mol. The number of guanidine groups is 1. The minimum atomic E-state index is 0.590. The molecule has 23 heavy (non-hydrogen) atoms. The van der Waals surface area contributed by atoms with Crippen molar-refractivity contribution >= 4 is 17.3 Å². The number of ether oxygens (including phenoxy) is 2. The highest BCUT2D eigenvalue weighted by Gasteiger charge is 2.15. The van der Waals surface area contributed by atoms with E-state index in [0.717, 1.165) is 69.7 Å². The number of aromatic nitrogens is 1. The molecule has 1 unspecified atom stereocenters. The Morgan fingerprint density at radius 2 is 2.35 bits per heavy atom. The van der Waals surface area contributed by atoms with Crippen LogP contribution in [0.25, 0.3) is 0 Å². The molecule has 1 atom stereocenters. The summed E-state index contributed by atoms with van der Waals surface area (Å²) in [6.07, 6.45) is 4.95. The average molecular weight is 340 g/mol. The van der Waals surface area contributed by atoms with E-state index in [2.05, 4.69) is 27.5 Å². The molecule has 1 aromatic heterocycles. The van der Waals surface area contributed by atoms with Crippen molar-refractivity contribution in [3.05, 3.63) is 16.1 Å². The molecule has 2 rings (SSSR count). The molecule has 1 aliphatic rings. The van der Waals surface area contributed by atoms with Crippen LogP contribution in [0.3, 0.4) is 0 Å². The van der Waals surface area contributed by atoms with Gasteiger partial charge in [0.25, 0.3) is 0 Å². The third-order valence-electron chi connectivity index (χ3n) is 3.66. The highest BCUT2D eigenvalue weighted by atomic mass is 32.1. The Kier molecular flexibility index (Phi) is 8.35. The van der Waals surface area contributed by atoms with E-state index in [0.29, 0.717) is 5.92 Å². The zero-order chi connectivity index (χ0) is 16.3. The van der Waals surface area contributed by atoms with E-state index in [4.69, 9.17) is 9.47 Å². The Balaban J connectivity index is 1.47. The molecule has 0 bridgehead atoms. The van der Waals surface area contributed by atoms with Gasteiger partial charge in [0, 0.05) is 56.8 Å². The van der Waals surface area contributed by atoms with Crippen molar-refractivity contribution in [3.8, 4) is 0 Å². The molecule has 0 amide bonds. The standard InChI is InChI=1S/C16H28N4O2S/c1-13-10-20-15(23-13)4-7-19-16(17-2)18-6-3-8-21-11-14-5-9-22-12-14/h10,14H,3-9,11-12H2,1-2H3,(H2,17,18,19). The molecule has 1 saturated heterocycles. The summed E-state index contributed by atoms with van der Waals surface area (Å²) in [6.45, 7) is 7.11. The first kappa shape index (κ1) is 18.2. The second-order valence-corrected chi connectivity index (χ2v) is 7.02. The largest absolute Gasteiger partial charge is 0.381 e. The number of nitrogens with one attached hydrogen (secondary N) is 2. The summed E-state index contributed by atoms with van der Waals surface area (Å²) in [5.74, 6) is 1.43. The Morgan fingerprint density at radius 1 is 1.48 bits per heavy atom. The molecule has 0 saturated carbocycles. The van der Waals surface area contributed by atoms with Crippen LogP contribution in [-0.2, 0) is 15.9 Å². The summed E-state index contributed by atoms with van der Waals surface area (Å²) >= 11 is 1.75. The lowest BCUT2D eigenvalue weighted by molar-refractivity contribution is 0.0888. The van der Waals surface area contributed by atoms with E-state index in [1.54, 1.807) is 18.4 Å². The fourth-order valence-corrected chi connectivity index (χ4v) is 3.16. The van der Waals surface area contributed by atoms with E-state index < -0.39 is 0 Å². The lowest BCUT2D eigenvalue weighted by Gasteiger charge is -2.12. The van der Waals surface area contributed by atoms with Crippen molar-refractivity contribution in [3.63, 3.8) is 0 Å². The second kappa shape index (κ2) is 10.6. The van der Waals surface area contributed by atoms with E-state index in [1.165, 1.54) is 4.88 Å². The number of rotatable bonds is 9. The maximum Gasteiger partial charge on any atom is 0.190 e. The van der Waals surface area contributed by atoms with Crippen LogP contribution in [0.5, 0.6) is 0 Å². The van der Waals surface area contributed by atoms with Crippen molar-refractivity contribution < 1.29 is 9.47 Å². The predicted octanol–water partition coefficient (Wildman–Crippen LogP) is 1.60. The van der Waals surface area contributed by atoms with Crippen LogP contribution in [0.4, 0.5) is 0 Å². The maximum atomic E-state index is 5.69. The van der Waals surface area contributed by atoms with Gasteiger partial charge in [0.05, 0.1) is 18.2 Å². The third-order valence-corrected chi connectivity index (χ3v) is 4.63. The summed E-state index contributed by atoms with van der Waals surface area (Å²) in [5.41, 5.74) is 0. The van der Waals surface area contributed by atoms with Crippen molar-refractivity contribution in [2.45, 2.75) is 26.2 Å². The first-order valence-corrected chi connectivity index (χ1v) is 9.11. The monoisotopic (exact) mass is 340 g/mol. The van der Waals surface area contributed by atoms with Gasteiger partial charge in [-0.2, -0.15) is 0 Å². The van der Waals surface area contributed by atoms with Crippen molar-refractivity contribution in [2.24, 2.45) is 10.9 Å². The molecule has 1 fully saturated rings. The maximum absolute atomic E-state index is 5.69. The number of hydrogen-bond donors (Lipinski definition) is 2. The number of hydrogen-bond acceptors (Lipinski definition) is 5. The second-order valence-electron chi connectivity index (χ2n) is 5.70. The molecule has 7 heteroatoms. The number of nitrogens with zero attached hydrogens (tertiary/aromatic N) is 2. The third kappa shape index (κ3) is 7.28. The molecule has 0 radical (unpaired) electrons. The molecular formula is C16H28N4O2S. The van der Waals surface area contributed by atoms with Crippen LogP contribution in [0, 0.1) is 12.8 Å². The minimum absolute atomic E-state index is 0.590. The van der Waals surface area contributed by atoms with Crippen LogP contribution in [-0.4, -0.2) is 57.5 Å². The lowest BCUT2D eigenvalue weighted by atomic mass is 10.1. The van der Waals surface area contributed by atoms with Crippen molar-refractivity contribution in [2.75, 3.05) is 46.6 Å². The fraction of sp³-hybridized carbons (Fsp3) is 0.750. The zero-order valence-electron chi connectivity index (χ0n) is 14.1. The summed E-state index contributed by atoms with van der Waals surface area (Å²) in [6, 6.07) is 0. The average Bonchev–Trinajstić information content (AvgIpc) is 3.20. The summed E-state index contributed by atoms with van der Waals surface area (Å²) in [4.78, 5) is 9.84. The van der Waals surface area contributed by atoms with Gasteiger partial charge in [-0.05, 0) is 19.8 Å². The SMILES string of the molecule is CN=C(NCCCOCC1CCOC1)NCCc1ncc(C)s1. The first-order valence-electron chi connectivity index (χ1n) is 8.29. The van der Waals surface area contributed by atoms with E-state index in [-0.39, 0.29) is 0 Å². The highest BCUT2D eigenvalue weighted by Crippen LogP contribution is 2.12. The van der Waals surface area contributed by atoms with Gasteiger partial charge in [0.1, 0.15) is 0 Å². The van der Waals surface area contributed by atoms with Crippen LogP contribution in [0.1, 0.15) is 22.7 Å². The van der Waals surface area contributed by atoms with E-state index >= 15 is 0 Å². The van der Waals surface area contributed by atoms with Gasteiger partial charge in [0.15, 0.2) is 5.96 Å². The van der Waals surface area contributed by atoms with Gasteiger partial charge in [-0.15, -0.1) is 11.3 Å². The van der Waals surface area contributed by atoms with Crippen molar-refractivity contribution in [1.29, 1.82) is 0 Å². The quantitative estimate of drug-likeness (QED) is 0.406. The van der Waals surface area contributed by atoms with E-state index in [1.807, 2.05) is 6.20 Å². The molecule has 6 nitrogen and oxygen atoms in total. The van der Waals surface area contributed by atoms with Gasteiger partial charge in [-0.3, -0.25) is 4.99 Å². The Labute approximate surface area is 142 Å². The Morgan fingerprint density at radius 3 is 3.04 bits per heavy atom. The normalized spacial score (nSPS) is 18.3. The number of aryl methyl sites for hydroxylation is 1. The van der Waals surface area contributed by atoms with Crippen LogP contribution < -0.4 is 10.6 Å². The fourth-order valence-electron chi connectivity index (χ4n) is 2.37. The van der Waals surface area contributed by atoms with E-state index in [9.17, 15) is 0 Å². The summed E-state index contributed by atoms with van der Waals surface area (Å²) in [5, 5.41) is 7.78. The molecule has 0 aliphatic carbocycles. The molecule has 2 N–H and O–H groups in total. The van der Waals surface area contributed by atoms with Crippen LogP contribution in [0.15, 0.2) is 11.2 Å². The number of thiazole rings is 1. The Bertz CT molecular complexity index is 472. The molecular weight excluding hydrogens is 312 g/mol. The zero-order valence-corrected chi connectivity index (χ0v) is 15.0. The summed E-state index contributed by atoms with van der Waals surface area (Å²) in [7, 11) is 1.79. The smallest absolute Gasteiger partial charge is 0.190 e. The number of aliphatic imine (C=N–C) groups is 1. The van der Waals surface area contributed by atoms with Crippen LogP contribution in [0.2, 0.25) is 0 Å². The van der Waals surface area contributed by atoms with Crippen LogP contribution >= 0.6 is 11.3 Å². The molecule has 130 valence electrons. The Hall–Kier alpha value is -1.18. The first-order chi connectivity index (χ1) is 11.3. The summed E-state index contributed by atoms with van der Waals surface area (Å²) < 4.78 is 11.0.